The molecule has 0 saturated carbocycles. The van der Waals surface area contributed by atoms with Crippen molar-refractivity contribution in [2.24, 2.45) is 0 Å². The van der Waals surface area contributed by atoms with E-state index in [1.54, 1.807) is 0 Å². The third-order valence-electron chi connectivity index (χ3n) is 4.06. The van der Waals surface area contributed by atoms with Crippen LogP contribution in [0.4, 0.5) is 0 Å². The van der Waals surface area contributed by atoms with Crippen LogP contribution in [0.1, 0.15) is 47.2 Å². The maximum atomic E-state index is 12.1. The van der Waals surface area contributed by atoms with E-state index in [1.165, 1.54) is 23.8 Å². The maximum absolute atomic E-state index is 12.1. The summed E-state index contributed by atoms with van der Waals surface area (Å²) in [4.78, 5) is 12.1. The Balaban J connectivity index is 2.24. The Bertz CT molecular complexity index is 658. The molecule has 2 aromatic carbocycles. The second-order valence-electron chi connectivity index (χ2n) is 5.19. The number of carbonyl (C=O) groups is 1. The highest BCUT2D eigenvalue weighted by molar-refractivity contribution is 5.96. The molecule has 0 heterocycles. The molecule has 1 aliphatic rings. The molecule has 3 rings (SSSR count). The fourth-order valence-corrected chi connectivity index (χ4v) is 3.25. The molecule has 2 heteroatoms. The first kappa shape index (κ1) is 12.9. The van der Waals surface area contributed by atoms with E-state index in [1.807, 2.05) is 12.1 Å². The van der Waals surface area contributed by atoms with Crippen molar-refractivity contribution >= 4 is 5.97 Å². The number of carbonyl (C=O) groups excluding carboxylic acids is 1. The third kappa shape index (κ3) is 1.83. The summed E-state index contributed by atoms with van der Waals surface area (Å²) in [6.07, 6.45) is 2.14. The first-order chi connectivity index (χ1) is 9.77. The molecule has 2 aromatic rings. The molecule has 0 aliphatic heterocycles. The van der Waals surface area contributed by atoms with E-state index in [4.69, 9.17) is 4.74 Å². The quantitative estimate of drug-likeness (QED) is 0.770. The number of esters is 1. The summed E-state index contributed by atoms with van der Waals surface area (Å²) < 4.78 is 4.95. The summed E-state index contributed by atoms with van der Waals surface area (Å²) in [5.41, 5.74) is 5.62. The van der Waals surface area contributed by atoms with Crippen LogP contribution in [-0.4, -0.2) is 13.1 Å². The van der Waals surface area contributed by atoms with E-state index in [0.29, 0.717) is 11.5 Å². The molecule has 1 aliphatic carbocycles. The molecular weight excluding hydrogens is 248 g/mol. The highest BCUT2D eigenvalue weighted by Gasteiger charge is 2.31. The van der Waals surface area contributed by atoms with E-state index in [-0.39, 0.29) is 5.97 Å². The summed E-state index contributed by atoms with van der Waals surface area (Å²) in [5, 5.41) is 0. The zero-order chi connectivity index (χ0) is 14.1. The van der Waals surface area contributed by atoms with Crippen molar-refractivity contribution in [3.05, 3.63) is 59.2 Å². The molecular formula is C18H18O2. The lowest BCUT2D eigenvalue weighted by molar-refractivity contribution is 0.0599. The van der Waals surface area contributed by atoms with Gasteiger partial charge in [0.2, 0.25) is 0 Å². The lowest BCUT2D eigenvalue weighted by atomic mass is 9.89. The highest BCUT2D eigenvalue weighted by atomic mass is 16.5. The minimum absolute atomic E-state index is 0.240. The second-order valence-corrected chi connectivity index (χ2v) is 5.19. The normalized spacial score (nSPS) is 15.6. The second kappa shape index (κ2) is 5.12. The van der Waals surface area contributed by atoms with Gasteiger partial charge in [-0.1, -0.05) is 49.7 Å². The average molecular weight is 266 g/mol. The molecule has 0 aromatic heterocycles. The van der Waals surface area contributed by atoms with Crippen molar-refractivity contribution in [1.29, 1.82) is 0 Å². The summed E-state index contributed by atoms with van der Waals surface area (Å²) in [7, 11) is 1.44. The van der Waals surface area contributed by atoms with Crippen LogP contribution in [0.3, 0.4) is 0 Å². The zero-order valence-corrected chi connectivity index (χ0v) is 11.8. The standard InChI is InChI=1S/C18H18O2/c1-3-7-14-12-8-4-5-9-13(12)15-10-6-11-16(17(14)15)18(19)20-2/h4-6,8-11,14H,3,7H2,1-2H3. The Hall–Kier alpha value is -2.09. The van der Waals surface area contributed by atoms with Crippen molar-refractivity contribution in [2.45, 2.75) is 25.7 Å². The molecule has 0 fully saturated rings. The minimum atomic E-state index is -0.240. The molecule has 0 saturated heterocycles. The van der Waals surface area contributed by atoms with Crippen LogP contribution in [0.15, 0.2) is 42.5 Å². The number of benzene rings is 2. The van der Waals surface area contributed by atoms with Gasteiger partial charge in [-0.15, -0.1) is 0 Å². The van der Waals surface area contributed by atoms with Gasteiger partial charge >= 0.3 is 5.97 Å². The predicted molar refractivity (Wildman–Crippen MR) is 80.0 cm³/mol. The minimum Gasteiger partial charge on any atom is -0.465 e. The summed E-state index contributed by atoms with van der Waals surface area (Å²) in [5.74, 6) is 0.0669. The highest BCUT2D eigenvalue weighted by Crippen LogP contribution is 2.48. The molecule has 1 atom stereocenters. The number of rotatable bonds is 3. The van der Waals surface area contributed by atoms with Gasteiger partial charge in [0.1, 0.15) is 0 Å². The molecule has 20 heavy (non-hydrogen) atoms. The number of ether oxygens (including phenoxy) is 1. The van der Waals surface area contributed by atoms with Crippen LogP contribution in [0.2, 0.25) is 0 Å². The van der Waals surface area contributed by atoms with E-state index in [9.17, 15) is 4.79 Å². The molecule has 0 N–H and O–H groups in total. The molecule has 0 amide bonds. The first-order valence-electron chi connectivity index (χ1n) is 7.08. The number of hydrogen-bond donors (Lipinski definition) is 0. The van der Waals surface area contributed by atoms with Gasteiger partial charge in [0.25, 0.3) is 0 Å². The fourth-order valence-electron chi connectivity index (χ4n) is 3.25. The van der Waals surface area contributed by atoms with Crippen LogP contribution in [0.5, 0.6) is 0 Å². The van der Waals surface area contributed by atoms with Gasteiger partial charge in [-0.2, -0.15) is 0 Å². The Kier molecular flexibility index (Phi) is 3.31. The van der Waals surface area contributed by atoms with Gasteiger partial charge in [-0.05, 0) is 34.7 Å². The van der Waals surface area contributed by atoms with E-state index < -0.39 is 0 Å². The van der Waals surface area contributed by atoms with Crippen molar-refractivity contribution < 1.29 is 9.53 Å². The smallest absolute Gasteiger partial charge is 0.338 e. The summed E-state index contributed by atoms with van der Waals surface area (Å²) in [6, 6.07) is 14.4. The van der Waals surface area contributed by atoms with Crippen LogP contribution >= 0.6 is 0 Å². The monoisotopic (exact) mass is 266 g/mol. The molecule has 0 spiro atoms. The largest absolute Gasteiger partial charge is 0.465 e. The average Bonchev–Trinajstić information content (AvgIpc) is 2.82. The van der Waals surface area contributed by atoms with Gasteiger partial charge in [0, 0.05) is 5.92 Å². The van der Waals surface area contributed by atoms with Gasteiger partial charge in [-0.3, -0.25) is 0 Å². The Morgan fingerprint density at radius 1 is 1.10 bits per heavy atom. The Morgan fingerprint density at radius 3 is 2.60 bits per heavy atom. The van der Waals surface area contributed by atoms with E-state index >= 15 is 0 Å². The van der Waals surface area contributed by atoms with Gasteiger partial charge in [0.15, 0.2) is 0 Å². The van der Waals surface area contributed by atoms with Crippen LogP contribution in [0.25, 0.3) is 11.1 Å². The van der Waals surface area contributed by atoms with Gasteiger partial charge < -0.3 is 4.74 Å². The van der Waals surface area contributed by atoms with Gasteiger partial charge in [-0.25, -0.2) is 4.79 Å². The van der Waals surface area contributed by atoms with Gasteiger partial charge in [0.05, 0.1) is 12.7 Å². The Labute approximate surface area is 119 Å². The lowest BCUT2D eigenvalue weighted by Gasteiger charge is -2.15. The molecule has 0 bridgehead atoms. The molecule has 1 unspecified atom stereocenters. The van der Waals surface area contributed by atoms with Crippen LogP contribution in [0, 0.1) is 0 Å². The molecule has 0 radical (unpaired) electrons. The first-order valence-corrected chi connectivity index (χ1v) is 7.08. The third-order valence-corrected chi connectivity index (χ3v) is 4.06. The Morgan fingerprint density at radius 2 is 1.85 bits per heavy atom. The number of methoxy groups -OCH3 is 1. The number of hydrogen-bond acceptors (Lipinski definition) is 2. The summed E-state index contributed by atoms with van der Waals surface area (Å²) in [6.45, 7) is 2.18. The predicted octanol–water partition coefficient (Wildman–Crippen LogP) is 4.39. The van der Waals surface area contributed by atoms with Crippen LogP contribution in [-0.2, 0) is 4.74 Å². The van der Waals surface area contributed by atoms with Crippen molar-refractivity contribution in [3.8, 4) is 11.1 Å². The summed E-state index contributed by atoms with van der Waals surface area (Å²) >= 11 is 0. The van der Waals surface area contributed by atoms with Crippen molar-refractivity contribution in [1.82, 2.24) is 0 Å². The SMILES string of the molecule is CCCC1c2ccccc2-c2cccc(C(=O)OC)c21. The van der Waals surface area contributed by atoms with E-state index in [2.05, 4.69) is 37.3 Å². The lowest BCUT2D eigenvalue weighted by Crippen LogP contribution is -2.08. The van der Waals surface area contributed by atoms with Crippen molar-refractivity contribution in [3.63, 3.8) is 0 Å². The van der Waals surface area contributed by atoms with E-state index in [0.717, 1.165) is 18.4 Å². The molecule has 2 nitrogen and oxygen atoms in total. The molecule has 102 valence electrons. The van der Waals surface area contributed by atoms with Crippen molar-refractivity contribution in [2.75, 3.05) is 7.11 Å². The fraction of sp³-hybridized carbons (Fsp3) is 0.278. The number of fused-ring (bicyclic) bond motifs is 3. The van der Waals surface area contributed by atoms with Crippen LogP contribution < -0.4 is 0 Å². The topological polar surface area (TPSA) is 26.3 Å². The zero-order valence-electron chi connectivity index (χ0n) is 11.8. The maximum Gasteiger partial charge on any atom is 0.338 e.